The second kappa shape index (κ2) is 5.82. The zero-order valence-corrected chi connectivity index (χ0v) is 14.4. The van der Waals surface area contributed by atoms with Crippen LogP contribution in [0.4, 0.5) is 0 Å². The summed E-state index contributed by atoms with van der Waals surface area (Å²) in [4.78, 5) is 12.6. The summed E-state index contributed by atoms with van der Waals surface area (Å²) in [5.74, 6) is -0.0707. The van der Waals surface area contributed by atoms with Crippen LogP contribution in [0, 0.1) is 5.41 Å². The van der Waals surface area contributed by atoms with Crippen LogP contribution < -0.4 is 5.32 Å². The molecule has 1 atom stereocenters. The maximum atomic E-state index is 12.6. The quantitative estimate of drug-likeness (QED) is 0.874. The Hall–Kier alpha value is -1.55. The van der Waals surface area contributed by atoms with E-state index in [4.69, 9.17) is 27.9 Å². The van der Waals surface area contributed by atoms with Crippen LogP contribution in [0.3, 0.4) is 0 Å². The lowest BCUT2D eigenvalue weighted by Crippen LogP contribution is -2.59. The van der Waals surface area contributed by atoms with Gasteiger partial charge in [-0.25, -0.2) is 0 Å². The largest absolute Gasteiger partial charge is 0.346 e. The van der Waals surface area contributed by atoms with Crippen LogP contribution in [-0.2, 0) is 15.3 Å². The number of rotatable bonds is 2. The highest BCUT2D eigenvalue weighted by molar-refractivity contribution is 6.42. The van der Waals surface area contributed by atoms with Crippen molar-refractivity contribution in [1.29, 1.82) is 0 Å². The molecule has 3 rings (SSSR count). The van der Waals surface area contributed by atoms with Crippen LogP contribution >= 0.6 is 23.2 Å². The van der Waals surface area contributed by atoms with Crippen LogP contribution in [0.15, 0.2) is 48.5 Å². The molecule has 120 valence electrons. The fraction of sp³-hybridized carbons (Fsp3) is 0.278. The van der Waals surface area contributed by atoms with E-state index >= 15 is 0 Å². The first-order valence-corrected chi connectivity index (χ1v) is 8.08. The molecule has 1 amide bonds. The third-order valence-corrected chi connectivity index (χ3v) is 4.80. The Labute approximate surface area is 145 Å². The van der Waals surface area contributed by atoms with Crippen molar-refractivity contribution in [3.05, 3.63) is 69.7 Å². The number of ether oxygens (including phenoxy) is 1. The van der Waals surface area contributed by atoms with Crippen LogP contribution in [0.1, 0.15) is 25.0 Å². The predicted molar refractivity (Wildman–Crippen MR) is 91.6 cm³/mol. The summed E-state index contributed by atoms with van der Waals surface area (Å²) in [7, 11) is 0. The number of hydrogen-bond acceptors (Lipinski definition) is 2. The number of benzene rings is 2. The highest BCUT2D eigenvalue weighted by Gasteiger charge is 2.47. The summed E-state index contributed by atoms with van der Waals surface area (Å²) in [6.45, 7) is 4.01. The SMILES string of the molecule is CC1(C)COC(c2ccccc2)(c2ccc(Cl)c(Cl)c2)NC1=O. The maximum absolute atomic E-state index is 12.6. The molecule has 3 nitrogen and oxygen atoms in total. The van der Waals surface area contributed by atoms with Crippen molar-refractivity contribution in [2.75, 3.05) is 6.61 Å². The van der Waals surface area contributed by atoms with Gasteiger partial charge >= 0.3 is 0 Å². The summed E-state index contributed by atoms with van der Waals surface area (Å²) in [5, 5.41) is 3.91. The van der Waals surface area contributed by atoms with E-state index in [2.05, 4.69) is 5.32 Å². The van der Waals surface area contributed by atoms with E-state index in [1.807, 2.05) is 50.2 Å². The van der Waals surface area contributed by atoms with Gasteiger partial charge in [-0.1, -0.05) is 59.6 Å². The van der Waals surface area contributed by atoms with Crippen LogP contribution in [0.2, 0.25) is 10.0 Å². The van der Waals surface area contributed by atoms with Gasteiger partial charge in [-0.3, -0.25) is 4.79 Å². The molecular weight excluding hydrogens is 333 g/mol. The van der Waals surface area contributed by atoms with Gasteiger partial charge in [0.05, 0.1) is 22.1 Å². The third-order valence-electron chi connectivity index (χ3n) is 4.06. The lowest BCUT2D eigenvalue weighted by Gasteiger charge is -2.44. The molecule has 1 fully saturated rings. The molecule has 2 aromatic carbocycles. The van der Waals surface area contributed by atoms with Crippen molar-refractivity contribution in [2.45, 2.75) is 19.6 Å². The second-order valence-corrected chi connectivity index (χ2v) is 7.12. The smallest absolute Gasteiger partial charge is 0.230 e. The van der Waals surface area contributed by atoms with Crippen molar-refractivity contribution in [3.63, 3.8) is 0 Å². The van der Waals surface area contributed by atoms with Gasteiger partial charge < -0.3 is 10.1 Å². The van der Waals surface area contributed by atoms with E-state index in [0.29, 0.717) is 16.7 Å². The van der Waals surface area contributed by atoms with E-state index in [1.54, 1.807) is 12.1 Å². The van der Waals surface area contributed by atoms with Gasteiger partial charge in [0.2, 0.25) is 5.91 Å². The maximum Gasteiger partial charge on any atom is 0.230 e. The number of hydrogen-bond donors (Lipinski definition) is 1. The topological polar surface area (TPSA) is 38.3 Å². The normalized spacial score (nSPS) is 23.4. The van der Waals surface area contributed by atoms with Crippen LogP contribution in [0.25, 0.3) is 0 Å². The molecular formula is C18H17Cl2NO2. The molecule has 1 aliphatic heterocycles. The van der Waals surface area contributed by atoms with Gasteiger partial charge in [-0.15, -0.1) is 0 Å². The Morgan fingerprint density at radius 3 is 2.30 bits per heavy atom. The molecule has 1 saturated heterocycles. The molecule has 0 bridgehead atoms. The number of carbonyl (C=O) groups is 1. The van der Waals surface area contributed by atoms with Gasteiger partial charge in [0.15, 0.2) is 5.72 Å². The number of carbonyl (C=O) groups excluding carboxylic acids is 1. The Kier molecular flexibility index (Phi) is 4.13. The average Bonchev–Trinajstić information content (AvgIpc) is 2.54. The molecule has 0 saturated carbocycles. The molecule has 1 unspecified atom stereocenters. The average molecular weight is 350 g/mol. The summed E-state index contributed by atoms with van der Waals surface area (Å²) in [6.07, 6.45) is 0. The monoisotopic (exact) mass is 349 g/mol. The zero-order valence-electron chi connectivity index (χ0n) is 12.9. The predicted octanol–water partition coefficient (Wildman–Crippen LogP) is 4.37. The Morgan fingerprint density at radius 2 is 1.70 bits per heavy atom. The third kappa shape index (κ3) is 2.85. The molecule has 23 heavy (non-hydrogen) atoms. The molecule has 0 radical (unpaired) electrons. The summed E-state index contributed by atoms with van der Waals surface area (Å²) >= 11 is 12.2. The highest BCUT2D eigenvalue weighted by atomic mass is 35.5. The van der Waals surface area contributed by atoms with Crippen LogP contribution in [-0.4, -0.2) is 12.5 Å². The van der Waals surface area contributed by atoms with Gasteiger partial charge in [0.1, 0.15) is 0 Å². The number of halogens is 2. The fourth-order valence-electron chi connectivity index (χ4n) is 2.59. The summed E-state index contributed by atoms with van der Waals surface area (Å²) in [5.41, 5.74) is -0.0828. The minimum atomic E-state index is -1.07. The van der Waals surface area contributed by atoms with Crippen molar-refractivity contribution in [3.8, 4) is 0 Å². The minimum Gasteiger partial charge on any atom is -0.346 e. The molecule has 5 heteroatoms. The molecule has 2 aromatic rings. The Morgan fingerprint density at radius 1 is 1.00 bits per heavy atom. The van der Waals surface area contributed by atoms with E-state index < -0.39 is 11.1 Å². The van der Waals surface area contributed by atoms with Gasteiger partial charge in [0.25, 0.3) is 0 Å². The lowest BCUT2D eigenvalue weighted by molar-refractivity contribution is -0.164. The van der Waals surface area contributed by atoms with Crippen molar-refractivity contribution in [2.24, 2.45) is 5.41 Å². The lowest BCUT2D eigenvalue weighted by atomic mass is 9.86. The number of nitrogens with one attached hydrogen (secondary N) is 1. The van der Waals surface area contributed by atoms with Gasteiger partial charge in [-0.05, 0) is 26.0 Å². The van der Waals surface area contributed by atoms with E-state index in [1.165, 1.54) is 0 Å². The van der Waals surface area contributed by atoms with E-state index in [0.717, 1.165) is 11.1 Å². The molecule has 1 aliphatic rings. The Balaban J connectivity index is 2.15. The van der Waals surface area contributed by atoms with E-state index in [9.17, 15) is 4.79 Å². The van der Waals surface area contributed by atoms with Crippen LogP contribution in [0.5, 0.6) is 0 Å². The molecule has 0 aliphatic carbocycles. The highest BCUT2D eigenvalue weighted by Crippen LogP contribution is 2.39. The summed E-state index contributed by atoms with van der Waals surface area (Å²) < 4.78 is 6.18. The van der Waals surface area contributed by atoms with Crippen molar-refractivity contribution in [1.82, 2.24) is 5.32 Å². The molecule has 1 heterocycles. The fourth-order valence-corrected chi connectivity index (χ4v) is 2.88. The van der Waals surface area contributed by atoms with Gasteiger partial charge in [-0.2, -0.15) is 0 Å². The first kappa shape index (κ1) is 16.3. The second-order valence-electron chi connectivity index (χ2n) is 6.30. The molecule has 0 aromatic heterocycles. The standard InChI is InChI=1S/C18H17Cl2NO2/c1-17(2)11-23-18(21-16(17)22,12-6-4-3-5-7-12)13-8-9-14(19)15(20)10-13/h3-10H,11H2,1-2H3,(H,21,22). The first-order valence-electron chi connectivity index (χ1n) is 7.33. The van der Waals surface area contributed by atoms with E-state index in [-0.39, 0.29) is 5.91 Å². The first-order chi connectivity index (χ1) is 10.8. The number of amides is 1. The minimum absolute atomic E-state index is 0.0707. The van der Waals surface area contributed by atoms with Crippen molar-refractivity contribution < 1.29 is 9.53 Å². The van der Waals surface area contributed by atoms with Gasteiger partial charge in [0, 0.05) is 11.1 Å². The Bertz CT molecular complexity index is 746. The molecule has 0 spiro atoms. The zero-order chi connectivity index (χ0) is 16.7. The summed E-state index contributed by atoms with van der Waals surface area (Å²) in [6, 6.07) is 14.8. The molecule has 1 N–H and O–H groups in total. The van der Waals surface area contributed by atoms with Crippen molar-refractivity contribution >= 4 is 29.1 Å².